The molecule has 0 spiro atoms. The molecule has 1 aromatic heterocycles. The summed E-state index contributed by atoms with van der Waals surface area (Å²) in [4.78, 5) is 6.90. The normalized spacial score (nSPS) is 19.8. The van der Waals surface area contributed by atoms with Gasteiger partial charge in [-0.05, 0) is 19.1 Å². The fourth-order valence-electron chi connectivity index (χ4n) is 2.56. The Balaban J connectivity index is 1.62. The van der Waals surface area contributed by atoms with E-state index in [0.717, 1.165) is 38.2 Å². The van der Waals surface area contributed by atoms with Gasteiger partial charge >= 0.3 is 0 Å². The van der Waals surface area contributed by atoms with Crippen molar-refractivity contribution in [1.29, 1.82) is 0 Å². The molecule has 0 bridgehead atoms. The van der Waals surface area contributed by atoms with E-state index in [-0.39, 0.29) is 0 Å². The predicted octanol–water partition coefficient (Wildman–Crippen LogP) is 2.23. The van der Waals surface area contributed by atoms with Gasteiger partial charge in [-0.1, -0.05) is 28.9 Å². The summed E-state index contributed by atoms with van der Waals surface area (Å²) in [6.07, 6.45) is 0.776. The first kappa shape index (κ1) is 14.5. The van der Waals surface area contributed by atoms with Gasteiger partial charge in [0.05, 0.1) is 0 Å². The molecular weight excluding hydrogens is 288 g/mol. The number of hydrogen-bond donors (Lipinski definition) is 1. The van der Waals surface area contributed by atoms with Gasteiger partial charge in [0.15, 0.2) is 0 Å². The number of benzene rings is 1. The average Bonchev–Trinajstić information content (AvgIpc) is 2.95. The SMILES string of the molecule is C[C@H]1CNCCN1CCc1nc(-c2cccc(Cl)c2)no1. The quantitative estimate of drug-likeness (QED) is 0.939. The van der Waals surface area contributed by atoms with Gasteiger partial charge in [-0.3, -0.25) is 4.90 Å². The molecule has 2 heterocycles. The van der Waals surface area contributed by atoms with E-state index >= 15 is 0 Å². The lowest BCUT2D eigenvalue weighted by Gasteiger charge is -2.33. The molecule has 0 radical (unpaired) electrons. The summed E-state index contributed by atoms with van der Waals surface area (Å²) in [5.74, 6) is 1.27. The number of hydrogen-bond acceptors (Lipinski definition) is 5. The minimum Gasteiger partial charge on any atom is -0.339 e. The minimum absolute atomic E-state index is 0.550. The Labute approximate surface area is 129 Å². The topological polar surface area (TPSA) is 54.2 Å². The van der Waals surface area contributed by atoms with Crippen LogP contribution in [0.2, 0.25) is 5.02 Å². The van der Waals surface area contributed by atoms with Crippen molar-refractivity contribution in [1.82, 2.24) is 20.4 Å². The first-order chi connectivity index (χ1) is 10.2. The summed E-state index contributed by atoms with van der Waals surface area (Å²) in [5, 5.41) is 8.10. The van der Waals surface area contributed by atoms with E-state index in [1.54, 1.807) is 0 Å². The molecule has 3 rings (SSSR count). The monoisotopic (exact) mass is 306 g/mol. The lowest BCUT2D eigenvalue weighted by atomic mass is 10.2. The number of halogens is 1. The van der Waals surface area contributed by atoms with Crippen molar-refractivity contribution < 1.29 is 4.52 Å². The molecule has 0 unspecified atom stereocenters. The van der Waals surface area contributed by atoms with Gasteiger partial charge in [0.2, 0.25) is 11.7 Å². The predicted molar refractivity (Wildman–Crippen MR) is 82.4 cm³/mol. The van der Waals surface area contributed by atoms with E-state index in [9.17, 15) is 0 Å². The lowest BCUT2D eigenvalue weighted by molar-refractivity contribution is 0.171. The second-order valence-electron chi connectivity index (χ2n) is 5.36. The van der Waals surface area contributed by atoms with E-state index in [0.29, 0.717) is 22.8 Å². The van der Waals surface area contributed by atoms with Crippen molar-refractivity contribution in [2.75, 3.05) is 26.2 Å². The first-order valence-corrected chi connectivity index (χ1v) is 7.63. The van der Waals surface area contributed by atoms with E-state index in [1.807, 2.05) is 24.3 Å². The third kappa shape index (κ3) is 3.61. The fraction of sp³-hybridized carbons (Fsp3) is 0.467. The number of nitrogens with one attached hydrogen (secondary N) is 1. The van der Waals surface area contributed by atoms with E-state index in [4.69, 9.17) is 16.1 Å². The maximum Gasteiger partial charge on any atom is 0.228 e. The smallest absolute Gasteiger partial charge is 0.228 e. The molecule has 112 valence electrons. The second kappa shape index (κ2) is 6.56. The summed E-state index contributed by atoms with van der Waals surface area (Å²) >= 11 is 5.98. The molecule has 0 amide bonds. The molecule has 1 atom stereocenters. The summed E-state index contributed by atoms with van der Waals surface area (Å²) < 4.78 is 5.34. The van der Waals surface area contributed by atoms with Crippen LogP contribution in [0.4, 0.5) is 0 Å². The summed E-state index contributed by atoms with van der Waals surface area (Å²) in [6.45, 7) is 6.33. The van der Waals surface area contributed by atoms with Crippen molar-refractivity contribution in [3.05, 3.63) is 35.2 Å². The van der Waals surface area contributed by atoms with Crippen LogP contribution in [0.5, 0.6) is 0 Å². The van der Waals surface area contributed by atoms with Crippen molar-refractivity contribution in [2.24, 2.45) is 0 Å². The minimum atomic E-state index is 0.550. The van der Waals surface area contributed by atoms with E-state index in [2.05, 4.69) is 27.3 Å². The molecule has 1 aromatic carbocycles. The number of nitrogens with zero attached hydrogens (tertiary/aromatic N) is 3. The molecule has 2 aromatic rings. The van der Waals surface area contributed by atoms with Crippen molar-refractivity contribution in [3.63, 3.8) is 0 Å². The maximum absolute atomic E-state index is 5.98. The zero-order valence-corrected chi connectivity index (χ0v) is 12.8. The van der Waals surface area contributed by atoms with Gasteiger partial charge in [0.1, 0.15) is 0 Å². The standard InChI is InChI=1S/C15H19ClN4O/c1-11-10-17-6-8-20(11)7-5-14-18-15(19-21-14)12-3-2-4-13(16)9-12/h2-4,9,11,17H,5-8,10H2,1H3/t11-/m0/s1. The van der Waals surface area contributed by atoms with Crippen LogP contribution in [-0.4, -0.2) is 47.3 Å². The van der Waals surface area contributed by atoms with Crippen LogP contribution < -0.4 is 5.32 Å². The summed E-state index contributed by atoms with van der Waals surface area (Å²) in [6, 6.07) is 8.04. The van der Waals surface area contributed by atoms with Gasteiger partial charge in [-0.15, -0.1) is 0 Å². The third-order valence-corrected chi connectivity index (χ3v) is 4.04. The Kier molecular flexibility index (Phi) is 4.53. The fourth-order valence-corrected chi connectivity index (χ4v) is 2.75. The molecule has 0 aliphatic carbocycles. The highest BCUT2D eigenvalue weighted by molar-refractivity contribution is 6.30. The van der Waals surface area contributed by atoms with Gasteiger partial charge in [0, 0.05) is 49.2 Å². The molecule has 1 fully saturated rings. The molecule has 1 aliphatic heterocycles. The van der Waals surface area contributed by atoms with Gasteiger partial charge in [-0.2, -0.15) is 4.98 Å². The number of piperazine rings is 1. The highest BCUT2D eigenvalue weighted by Gasteiger charge is 2.18. The Hall–Kier alpha value is -1.43. The van der Waals surface area contributed by atoms with Gasteiger partial charge < -0.3 is 9.84 Å². The summed E-state index contributed by atoms with van der Waals surface area (Å²) in [5.41, 5.74) is 0.882. The molecule has 1 N–H and O–H groups in total. The van der Waals surface area contributed by atoms with Gasteiger partial charge in [-0.25, -0.2) is 0 Å². The molecular formula is C15H19ClN4O. The number of aromatic nitrogens is 2. The lowest BCUT2D eigenvalue weighted by Crippen LogP contribution is -2.50. The summed E-state index contributed by atoms with van der Waals surface area (Å²) in [7, 11) is 0. The average molecular weight is 307 g/mol. The van der Waals surface area contributed by atoms with Crippen LogP contribution in [0.3, 0.4) is 0 Å². The van der Waals surface area contributed by atoms with Gasteiger partial charge in [0.25, 0.3) is 0 Å². The Morgan fingerprint density at radius 1 is 1.48 bits per heavy atom. The van der Waals surface area contributed by atoms with Crippen molar-refractivity contribution >= 4 is 11.6 Å². The zero-order valence-electron chi connectivity index (χ0n) is 12.1. The zero-order chi connectivity index (χ0) is 14.7. The van der Waals surface area contributed by atoms with Crippen molar-refractivity contribution in [2.45, 2.75) is 19.4 Å². The molecule has 5 nitrogen and oxygen atoms in total. The molecule has 1 aliphatic rings. The molecule has 1 saturated heterocycles. The van der Waals surface area contributed by atoms with Crippen molar-refractivity contribution in [3.8, 4) is 11.4 Å². The first-order valence-electron chi connectivity index (χ1n) is 7.25. The second-order valence-corrected chi connectivity index (χ2v) is 5.80. The largest absolute Gasteiger partial charge is 0.339 e. The molecule has 6 heteroatoms. The van der Waals surface area contributed by atoms with E-state index in [1.165, 1.54) is 0 Å². The van der Waals surface area contributed by atoms with Crippen LogP contribution >= 0.6 is 11.6 Å². The highest BCUT2D eigenvalue weighted by atomic mass is 35.5. The molecule has 21 heavy (non-hydrogen) atoms. The molecule has 0 saturated carbocycles. The van der Waals surface area contributed by atoms with E-state index < -0.39 is 0 Å². The van der Waals surface area contributed by atoms with Crippen LogP contribution in [0.25, 0.3) is 11.4 Å². The third-order valence-electron chi connectivity index (χ3n) is 3.80. The van der Waals surface area contributed by atoms with Crippen LogP contribution in [0.1, 0.15) is 12.8 Å². The number of rotatable bonds is 4. The van der Waals surface area contributed by atoms with Crippen LogP contribution in [0.15, 0.2) is 28.8 Å². The van der Waals surface area contributed by atoms with Crippen LogP contribution in [-0.2, 0) is 6.42 Å². The Bertz CT molecular complexity index is 601. The Morgan fingerprint density at radius 3 is 3.19 bits per heavy atom. The van der Waals surface area contributed by atoms with Crippen LogP contribution in [0, 0.1) is 0 Å². The Morgan fingerprint density at radius 2 is 2.38 bits per heavy atom. The highest BCUT2D eigenvalue weighted by Crippen LogP contribution is 2.20. The maximum atomic E-state index is 5.98.